The minimum absolute atomic E-state index is 0.0290. The van der Waals surface area contributed by atoms with Gasteiger partial charge in [-0.25, -0.2) is 14.6 Å². The van der Waals surface area contributed by atoms with E-state index in [2.05, 4.69) is 88.3 Å². The average Bonchev–Trinajstić information content (AvgIpc) is 3.50. The zero-order chi connectivity index (χ0) is 29.0. The van der Waals surface area contributed by atoms with Gasteiger partial charge in [-0.2, -0.15) is 5.26 Å². The molecule has 42 heavy (non-hydrogen) atoms. The fourth-order valence-corrected chi connectivity index (χ4v) is 6.21. The van der Waals surface area contributed by atoms with Gasteiger partial charge in [-0.3, -0.25) is 10.2 Å². The van der Waals surface area contributed by atoms with E-state index in [1.54, 1.807) is 6.34 Å². The highest BCUT2D eigenvalue weighted by Gasteiger charge is 2.35. The second-order valence-electron chi connectivity index (χ2n) is 13.0. The minimum Gasteiger partial charge on any atom is -0.378 e. The van der Waals surface area contributed by atoms with Crippen molar-refractivity contribution >= 4 is 29.3 Å². The Kier molecular flexibility index (Phi) is 6.94. The maximum Gasteiger partial charge on any atom is 0.186 e. The first-order chi connectivity index (χ1) is 20.3. The van der Waals surface area contributed by atoms with Gasteiger partial charge in [0, 0.05) is 30.9 Å². The van der Waals surface area contributed by atoms with Gasteiger partial charge in [-0.05, 0) is 47.1 Å². The van der Waals surface area contributed by atoms with Crippen molar-refractivity contribution < 1.29 is 4.74 Å². The summed E-state index contributed by atoms with van der Waals surface area (Å²) in [5.41, 5.74) is 7.12. The second kappa shape index (κ2) is 10.7. The number of halogens is 1. The molecule has 2 aromatic carbocycles. The molecular formula is C31H36ClN9O. The quantitative estimate of drug-likeness (QED) is 0.344. The van der Waals surface area contributed by atoms with Crippen LogP contribution in [0.2, 0.25) is 5.02 Å². The maximum atomic E-state index is 9.89. The van der Waals surface area contributed by atoms with Crippen LogP contribution in [0.25, 0.3) is 0 Å². The smallest absolute Gasteiger partial charge is 0.186 e. The van der Waals surface area contributed by atoms with Crippen LogP contribution in [0.5, 0.6) is 0 Å². The van der Waals surface area contributed by atoms with Crippen molar-refractivity contribution in [3.63, 3.8) is 0 Å². The molecule has 1 saturated carbocycles. The molecule has 1 aromatic heterocycles. The summed E-state index contributed by atoms with van der Waals surface area (Å²) in [6, 6.07) is 11.2. The fourth-order valence-electron chi connectivity index (χ4n) is 5.93. The highest BCUT2D eigenvalue weighted by molar-refractivity contribution is 6.33. The number of aromatic nitrogens is 3. The highest BCUT2D eigenvalue weighted by Crippen LogP contribution is 2.42. The van der Waals surface area contributed by atoms with Crippen LogP contribution >= 0.6 is 11.6 Å². The van der Waals surface area contributed by atoms with Crippen molar-refractivity contribution in [2.75, 3.05) is 25.1 Å². The summed E-state index contributed by atoms with van der Waals surface area (Å²) in [6.45, 7) is 10.6. The number of nitriles is 1. The fraction of sp³-hybridized carbons (Fsp3) is 0.484. The van der Waals surface area contributed by atoms with E-state index < -0.39 is 0 Å². The lowest BCUT2D eigenvalue weighted by atomic mass is 9.95. The molecule has 4 heterocycles. The number of nitrogens with one attached hydrogen (secondary N) is 2. The Morgan fingerprint density at radius 2 is 2.00 bits per heavy atom. The van der Waals surface area contributed by atoms with Gasteiger partial charge >= 0.3 is 0 Å². The summed E-state index contributed by atoms with van der Waals surface area (Å²) in [6.07, 6.45) is 7.78. The molecule has 0 amide bonds. The molecule has 3 aromatic rings. The molecule has 10 nitrogen and oxygen atoms in total. The van der Waals surface area contributed by atoms with Gasteiger partial charge in [0.2, 0.25) is 0 Å². The topological polar surface area (TPSA) is 107 Å². The van der Waals surface area contributed by atoms with Crippen molar-refractivity contribution in [2.24, 2.45) is 10.4 Å². The summed E-state index contributed by atoms with van der Waals surface area (Å²) in [4.78, 5) is 8.57. The van der Waals surface area contributed by atoms with Gasteiger partial charge in [0.15, 0.2) is 6.19 Å². The van der Waals surface area contributed by atoms with E-state index in [1.807, 2.05) is 10.7 Å². The van der Waals surface area contributed by atoms with Gasteiger partial charge in [-0.1, -0.05) is 55.8 Å². The number of fused-ring (bicyclic) bond motifs is 2. The molecule has 2 fully saturated rings. The van der Waals surface area contributed by atoms with E-state index in [0.29, 0.717) is 29.3 Å². The molecule has 1 aliphatic carbocycles. The number of benzene rings is 2. The van der Waals surface area contributed by atoms with Crippen LogP contribution in [0.15, 0.2) is 41.5 Å². The Morgan fingerprint density at radius 3 is 2.71 bits per heavy atom. The molecule has 0 bridgehead atoms. The molecule has 218 valence electrons. The summed E-state index contributed by atoms with van der Waals surface area (Å²) in [7, 11) is 0. The first kappa shape index (κ1) is 27.3. The van der Waals surface area contributed by atoms with Crippen LogP contribution in [-0.4, -0.2) is 56.9 Å². The van der Waals surface area contributed by atoms with Crippen LogP contribution in [0.3, 0.4) is 0 Å². The number of nitrogens with zero attached hydrogens (tertiary/aromatic N) is 7. The Bertz CT molecular complexity index is 1560. The molecule has 4 aliphatic rings. The lowest BCUT2D eigenvalue weighted by molar-refractivity contribution is -0.0670. The zero-order valence-corrected chi connectivity index (χ0v) is 25.0. The third kappa shape index (κ3) is 5.26. The van der Waals surface area contributed by atoms with Crippen molar-refractivity contribution in [3.05, 3.63) is 69.5 Å². The van der Waals surface area contributed by atoms with Crippen molar-refractivity contribution in [1.29, 1.82) is 5.26 Å². The van der Waals surface area contributed by atoms with Gasteiger partial charge < -0.3 is 10.1 Å². The number of rotatable bonds is 8. The summed E-state index contributed by atoms with van der Waals surface area (Å²) in [5.74, 6) is 0. The van der Waals surface area contributed by atoms with E-state index in [9.17, 15) is 5.26 Å². The van der Waals surface area contributed by atoms with Gasteiger partial charge in [0.1, 0.15) is 18.2 Å². The van der Waals surface area contributed by atoms with E-state index in [1.165, 1.54) is 21.6 Å². The van der Waals surface area contributed by atoms with Crippen LogP contribution < -0.4 is 10.6 Å². The number of hydrogen-bond acceptors (Lipinski definition) is 9. The van der Waals surface area contributed by atoms with Crippen LogP contribution in [0.4, 0.5) is 11.4 Å². The molecule has 0 radical (unpaired) electrons. The molecule has 1 saturated heterocycles. The van der Waals surface area contributed by atoms with E-state index in [-0.39, 0.29) is 17.6 Å². The Morgan fingerprint density at radius 1 is 1.17 bits per heavy atom. The summed E-state index contributed by atoms with van der Waals surface area (Å²) >= 11 is 6.86. The van der Waals surface area contributed by atoms with E-state index in [4.69, 9.17) is 16.3 Å². The monoisotopic (exact) mass is 585 g/mol. The van der Waals surface area contributed by atoms with Crippen LogP contribution in [0, 0.1) is 16.9 Å². The minimum atomic E-state index is -0.380. The predicted octanol–water partition coefficient (Wildman–Crippen LogP) is 5.27. The Hall–Kier alpha value is -3.49. The predicted molar refractivity (Wildman–Crippen MR) is 161 cm³/mol. The van der Waals surface area contributed by atoms with E-state index >= 15 is 0 Å². The lowest BCUT2D eigenvalue weighted by Crippen LogP contribution is -2.46. The standard InChI is InChI=1S/C31H36ClN9O/c1-31(2,3)16-34-30-24-9-20(10-26(32)28(24)35-18-40(30)17-33)36-29(27-13-41(38-37-27)21-7-8-21)23-6-4-5-19-11-39(12-25(19)23)22-14-42-15-22/h4-6,9-10,13,18,21-22,29-30,34,36H,7-8,11-12,14-16H2,1-3H3/t29?,30-/m0/s1. The second-order valence-corrected chi connectivity index (χ2v) is 13.4. The number of aliphatic imine (C=N–C) groups is 1. The number of hydrogen-bond donors (Lipinski definition) is 2. The van der Waals surface area contributed by atoms with Gasteiger partial charge in [0.25, 0.3) is 0 Å². The van der Waals surface area contributed by atoms with Crippen LogP contribution in [0.1, 0.15) is 79.8 Å². The van der Waals surface area contributed by atoms with E-state index in [0.717, 1.165) is 56.1 Å². The molecule has 11 heteroatoms. The number of anilines is 1. The van der Waals surface area contributed by atoms with Crippen LogP contribution in [-0.2, 0) is 17.8 Å². The molecular weight excluding hydrogens is 550 g/mol. The van der Waals surface area contributed by atoms with Crippen molar-refractivity contribution in [3.8, 4) is 6.19 Å². The zero-order valence-electron chi connectivity index (χ0n) is 24.2. The largest absolute Gasteiger partial charge is 0.378 e. The molecule has 0 spiro atoms. The molecule has 1 unspecified atom stereocenters. The highest BCUT2D eigenvalue weighted by atomic mass is 35.5. The summed E-state index contributed by atoms with van der Waals surface area (Å²) in [5, 5.41) is 26.9. The van der Waals surface area contributed by atoms with Crippen molar-refractivity contribution in [1.82, 2.24) is 30.1 Å². The average molecular weight is 586 g/mol. The molecule has 2 atom stereocenters. The molecule has 3 aliphatic heterocycles. The summed E-state index contributed by atoms with van der Waals surface area (Å²) < 4.78 is 7.49. The maximum absolute atomic E-state index is 9.89. The third-order valence-corrected chi connectivity index (χ3v) is 8.75. The Labute approximate surface area is 251 Å². The first-order valence-electron chi connectivity index (χ1n) is 14.7. The third-order valence-electron chi connectivity index (χ3n) is 8.47. The lowest BCUT2D eigenvalue weighted by Gasteiger charge is -2.34. The normalized spacial score (nSPS) is 21.0. The first-order valence-corrected chi connectivity index (χ1v) is 15.0. The molecule has 2 N–H and O–H groups in total. The SMILES string of the molecule is CC(C)(C)CN[C@@H]1c2cc(NC(c3cn(C4CC4)nn3)c3cccc4c3CN(C3COC3)C4)cc(Cl)c2N=CN1C#N. The van der Waals surface area contributed by atoms with Gasteiger partial charge in [-0.15, -0.1) is 5.10 Å². The molecule has 7 rings (SSSR count). The van der Waals surface area contributed by atoms with Crippen molar-refractivity contribution in [2.45, 2.75) is 71.0 Å². The Balaban J connectivity index is 1.26. The van der Waals surface area contributed by atoms with Gasteiger partial charge in [0.05, 0.1) is 48.2 Å². The number of ether oxygens (including phenoxy) is 1.